The second-order valence-electron chi connectivity index (χ2n) is 6.62. The van der Waals surface area contributed by atoms with Crippen LogP contribution in [0.5, 0.6) is 5.75 Å². The molecule has 172 valence electrons. The number of nitrogens with two attached hydrogens (primary N) is 1. The Hall–Kier alpha value is -3.64. The first kappa shape index (κ1) is 24.6. The third kappa shape index (κ3) is 6.68. The molecule has 1 fully saturated rings. The lowest BCUT2D eigenvalue weighted by atomic mass is 10.2. The summed E-state index contributed by atoms with van der Waals surface area (Å²) in [5.41, 5.74) is 6.54. The summed E-state index contributed by atoms with van der Waals surface area (Å²) in [5, 5.41) is 14.8. The van der Waals surface area contributed by atoms with Gasteiger partial charge in [0.15, 0.2) is 0 Å². The summed E-state index contributed by atoms with van der Waals surface area (Å²) in [5.74, 6) is -0.350. The number of ether oxygens (including phenoxy) is 2. The van der Waals surface area contributed by atoms with Crippen molar-refractivity contribution >= 4 is 33.6 Å². The SMILES string of the molecule is CC(=O)O.COc1ccc(S(=O)(=O)NCC2CN(c3ccc(C(=N)N)cc3)C(=O)O2)cc1. The highest BCUT2D eigenvalue weighted by Crippen LogP contribution is 2.22. The Morgan fingerprint density at radius 1 is 1.25 bits per heavy atom. The molecule has 1 aliphatic heterocycles. The average Bonchev–Trinajstić information content (AvgIpc) is 3.12. The number of hydrogen-bond donors (Lipinski definition) is 4. The molecule has 0 radical (unpaired) electrons. The van der Waals surface area contributed by atoms with Crippen molar-refractivity contribution in [1.29, 1.82) is 5.41 Å². The van der Waals surface area contributed by atoms with Crippen LogP contribution in [-0.2, 0) is 19.6 Å². The Labute approximate surface area is 185 Å². The number of sulfonamides is 1. The molecule has 0 spiro atoms. The zero-order valence-electron chi connectivity index (χ0n) is 17.4. The first-order chi connectivity index (χ1) is 15.0. The number of nitrogens with one attached hydrogen (secondary N) is 2. The van der Waals surface area contributed by atoms with Crippen LogP contribution in [0.4, 0.5) is 10.5 Å². The number of hydrogen-bond acceptors (Lipinski definition) is 7. The predicted molar refractivity (Wildman–Crippen MR) is 117 cm³/mol. The summed E-state index contributed by atoms with van der Waals surface area (Å²) < 4.78 is 37.5. The Balaban J connectivity index is 0.000000837. The summed E-state index contributed by atoms with van der Waals surface area (Å²) in [7, 11) is -2.24. The first-order valence-corrected chi connectivity index (χ1v) is 10.8. The normalized spacial score (nSPS) is 15.4. The van der Waals surface area contributed by atoms with E-state index < -0.39 is 28.2 Å². The van der Waals surface area contributed by atoms with Crippen LogP contribution in [0.25, 0.3) is 0 Å². The van der Waals surface area contributed by atoms with E-state index >= 15 is 0 Å². The highest BCUT2D eigenvalue weighted by Gasteiger charge is 2.33. The minimum Gasteiger partial charge on any atom is -0.497 e. The molecule has 0 aromatic heterocycles. The van der Waals surface area contributed by atoms with Gasteiger partial charge < -0.3 is 20.3 Å². The van der Waals surface area contributed by atoms with Gasteiger partial charge >= 0.3 is 6.09 Å². The molecule has 5 N–H and O–H groups in total. The Morgan fingerprint density at radius 2 is 1.81 bits per heavy atom. The van der Waals surface area contributed by atoms with Gasteiger partial charge in [-0.25, -0.2) is 17.9 Å². The van der Waals surface area contributed by atoms with Crippen molar-refractivity contribution in [2.45, 2.75) is 17.9 Å². The summed E-state index contributed by atoms with van der Waals surface area (Å²) >= 11 is 0. The highest BCUT2D eigenvalue weighted by molar-refractivity contribution is 7.89. The van der Waals surface area contributed by atoms with Crippen molar-refractivity contribution in [2.24, 2.45) is 5.73 Å². The smallest absolute Gasteiger partial charge is 0.414 e. The molecule has 0 aliphatic carbocycles. The number of amides is 1. The number of nitrogens with zero attached hydrogens (tertiary/aromatic N) is 1. The Morgan fingerprint density at radius 3 is 2.31 bits per heavy atom. The van der Waals surface area contributed by atoms with Gasteiger partial charge in [0, 0.05) is 24.7 Å². The van der Waals surface area contributed by atoms with Gasteiger partial charge in [-0.3, -0.25) is 15.1 Å². The number of carboxylic acid groups (broad SMARTS) is 1. The zero-order valence-corrected chi connectivity index (χ0v) is 18.3. The zero-order chi connectivity index (χ0) is 23.9. The largest absolute Gasteiger partial charge is 0.497 e. The summed E-state index contributed by atoms with van der Waals surface area (Å²) in [6.45, 7) is 1.23. The predicted octanol–water partition coefficient (Wildman–Crippen LogP) is 1.37. The standard InChI is InChI=1S/C18H20N4O5S.C2H4O2/c1-26-14-6-8-16(9-7-14)28(24,25)21-10-15-11-22(18(23)27-15)13-4-2-12(3-5-13)17(19)20;1-2(3)4/h2-9,15,21H,10-11H2,1H3,(H3,19,20);1H3,(H,3,4). The van der Waals surface area contributed by atoms with E-state index in [1.807, 2.05) is 0 Å². The summed E-state index contributed by atoms with van der Waals surface area (Å²) in [6.07, 6.45) is -1.20. The third-order valence-corrected chi connectivity index (χ3v) is 5.67. The monoisotopic (exact) mass is 464 g/mol. The molecule has 32 heavy (non-hydrogen) atoms. The van der Waals surface area contributed by atoms with Crippen LogP contribution in [0.1, 0.15) is 12.5 Å². The van der Waals surface area contributed by atoms with E-state index in [1.54, 1.807) is 36.4 Å². The molecule has 11 nitrogen and oxygen atoms in total. The molecular formula is C20H24N4O7S. The number of carbonyl (C=O) groups is 2. The van der Waals surface area contributed by atoms with Crippen molar-refractivity contribution in [3.05, 3.63) is 54.1 Å². The van der Waals surface area contributed by atoms with Crippen LogP contribution in [0, 0.1) is 5.41 Å². The van der Waals surface area contributed by atoms with Crippen LogP contribution >= 0.6 is 0 Å². The van der Waals surface area contributed by atoms with Crippen LogP contribution in [-0.4, -0.2) is 57.7 Å². The quantitative estimate of drug-likeness (QED) is 0.351. The van der Waals surface area contributed by atoms with E-state index in [2.05, 4.69) is 4.72 Å². The molecule has 1 unspecified atom stereocenters. The van der Waals surface area contributed by atoms with Gasteiger partial charge in [0.25, 0.3) is 5.97 Å². The van der Waals surface area contributed by atoms with Crippen LogP contribution in [0.15, 0.2) is 53.4 Å². The number of amidine groups is 1. The van der Waals surface area contributed by atoms with E-state index in [0.29, 0.717) is 17.0 Å². The van der Waals surface area contributed by atoms with Gasteiger partial charge in [-0.2, -0.15) is 0 Å². The number of cyclic esters (lactones) is 1. The van der Waals surface area contributed by atoms with E-state index in [1.165, 1.54) is 24.1 Å². The number of anilines is 1. The summed E-state index contributed by atoms with van der Waals surface area (Å²) in [6, 6.07) is 12.5. The van der Waals surface area contributed by atoms with Crippen molar-refractivity contribution in [3.63, 3.8) is 0 Å². The number of nitrogen functional groups attached to an aromatic ring is 1. The van der Waals surface area contributed by atoms with Gasteiger partial charge in [0.1, 0.15) is 17.7 Å². The molecular weight excluding hydrogens is 440 g/mol. The second-order valence-corrected chi connectivity index (χ2v) is 8.39. The van der Waals surface area contributed by atoms with E-state index in [4.69, 9.17) is 30.5 Å². The molecule has 2 aromatic rings. The van der Waals surface area contributed by atoms with Crippen LogP contribution < -0.4 is 20.1 Å². The molecule has 1 saturated heterocycles. The topological polar surface area (TPSA) is 172 Å². The highest BCUT2D eigenvalue weighted by atomic mass is 32.2. The van der Waals surface area contributed by atoms with Crippen molar-refractivity contribution in [2.75, 3.05) is 25.1 Å². The van der Waals surface area contributed by atoms with Crippen LogP contribution in [0.2, 0.25) is 0 Å². The fraction of sp³-hybridized carbons (Fsp3) is 0.250. The average molecular weight is 465 g/mol. The van der Waals surface area contributed by atoms with E-state index in [0.717, 1.165) is 6.92 Å². The lowest BCUT2D eigenvalue weighted by molar-refractivity contribution is -0.134. The third-order valence-electron chi connectivity index (χ3n) is 4.23. The van der Waals surface area contributed by atoms with E-state index in [9.17, 15) is 13.2 Å². The van der Waals surface area contributed by atoms with Gasteiger partial charge in [-0.1, -0.05) is 0 Å². The Kier molecular flexibility index (Phi) is 8.15. The molecule has 12 heteroatoms. The molecule has 1 atom stereocenters. The van der Waals surface area contributed by atoms with Crippen molar-refractivity contribution in [3.8, 4) is 5.75 Å². The fourth-order valence-corrected chi connectivity index (χ4v) is 3.77. The van der Waals surface area contributed by atoms with Gasteiger partial charge in [-0.15, -0.1) is 0 Å². The molecule has 0 saturated carbocycles. The molecule has 3 rings (SSSR count). The summed E-state index contributed by atoms with van der Waals surface area (Å²) in [4.78, 5) is 22.6. The second kappa shape index (κ2) is 10.6. The maximum Gasteiger partial charge on any atom is 0.414 e. The van der Waals surface area contributed by atoms with Crippen molar-refractivity contribution in [1.82, 2.24) is 4.72 Å². The molecule has 0 bridgehead atoms. The Bertz CT molecular complexity index is 1070. The number of benzene rings is 2. The van der Waals surface area contributed by atoms with Gasteiger partial charge in [-0.05, 0) is 48.5 Å². The lowest BCUT2D eigenvalue weighted by Crippen LogP contribution is -2.34. The molecule has 1 aliphatic rings. The van der Waals surface area contributed by atoms with E-state index in [-0.39, 0.29) is 23.8 Å². The minimum absolute atomic E-state index is 0.0534. The fourth-order valence-electron chi connectivity index (χ4n) is 2.70. The minimum atomic E-state index is -3.74. The first-order valence-electron chi connectivity index (χ1n) is 9.29. The number of methoxy groups -OCH3 is 1. The maximum atomic E-state index is 12.4. The molecule has 1 heterocycles. The number of aliphatic carboxylic acids is 1. The van der Waals surface area contributed by atoms with Crippen LogP contribution in [0.3, 0.4) is 0 Å². The van der Waals surface area contributed by atoms with Gasteiger partial charge in [0.05, 0.1) is 18.6 Å². The molecule has 1 amide bonds. The maximum absolute atomic E-state index is 12.4. The number of rotatable bonds is 7. The number of carbonyl (C=O) groups excluding carboxylic acids is 1. The lowest BCUT2D eigenvalue weighted by Gasteiger charge is -2.13. The van der Waals surface area contributed by atoms with Crippen molar-refractivity contribution < 1.29 is 32.6 Å². The number of carboxylic acids is 1. The molecule has 2 aromatic carbocycles. The van der Waals surface area contributed by atoms with Gasteiger partial charge in [0.2, 0.25) is 10.0 Å².